The number of anilines is 2. The Labute approximate surface area is 122 Å². The van der Waals surface area contributed by atoms with Gasteiger partial charge in [0.15, 0.2) is 0 Å². The molecule has 0 radical (unpaired) electrons. The third-order valence-corrected chi connectivity index (χ3v) is 4.69. The third kappa shape index (κ3) is 2.36. The Bertz CT molecular complexity index is 595. The van der Waals surface area contributed by atoms with Crippen LogP contribution in [0.1, 0.15) is 29.3 Å². The highest BCUT2D eigenvalue weighted by Gasteiger charge is 2.22. The van der Waals surface area contributed by atoms with Crippen molar-refractivity contribution in [2.24, 2.45) is 5.84 Å². The van der Waals surface area contributed by atoms with Gasteiger partial charge in [-0.15, -0.1) is 11.3 Å². The van der Waals surface area contributed by atoms with Gasteiger partial charge in [0.05, 0.1) is 0 Å². The predicted molar refractivity (Wildman–Crippen MR) is 82.9 cm³/mol. The van der Waals surface area contributed by atoms with Crippen LogP contribution in [0.3, 0.4) is 0 Å². The minimum absolute atomic E-state index is 0.743. The van der Waals surface area contributed by atoms with E-state index >= 15 is 0 Å². The highest BCUT2D eigenvalue weighted by molar-refractivity contribution is 7.10. The molecule has 0 bridgehead atoms. The van der Waals surface area contributed by atoms with Crippen LogP contribution in [0.2, 0.25) is 0 Å². The molecule has 5 nitrogen and oxygen atoms in total. The van der Waals surface area contributed by atoms with Crippen molar-refractivity contribution in [3.63, 3.8) is 0 Å². The molecule has 3 N–H and O–H groups in total. The van der Waals surface area contributed by atoms with E-state index in [0.717, 1.165) is 49.6 Å². The zero-order chi connectivity index (χ0) is 13.9. The smallest absolute Gasteiger partial charge is 0.148 e. The molecule has 0 amide bonds. The lowest BCUT2D eigenvalue weighted by Crippen LogP contribution is -2.31. The minimum Gasteiger partial charge on any atom is -0.351 e. The molecular formula is C14H19N5S. The topological polar surface area (TPSA) is 67.1 Å². The highest BCUT2D eigenvalue weighted by atomic mass is 32.1. The normalized spacial score (nSPS) is 14.2. The van der Waals surface area contributed by atoms with Crippen LogP contribution in [-0.2, 0) is 19.4 Å². The number of aromatic nitrogens is 2. The summed E-state index contributed by atoms with van der Waals surface area (Å²) in [5.74, 6) is 7.35. The van der Waals surface area contributed by atoms with Crippen molar-refractivity contribution in [2.75, 3.05) is 16.9 Å². The number of rotatable bonds is 4. The maximum Gasteiger partial charge on any atom is 0.148 e. The summed E-state index contributed by atoms with van der Waals surface area (Å²) in [4.78, 5) is 12.6. The van der Waals surface area contributed by atoms with Crippen LogP contribution < -0.4 is 16.2 Å². The summed E-state index contributed by atoms with van der Waals surface area (Å²) in [6.07, 6.45) is 4.66. The van der Waals surface area contributed by atoms with Crippen molar-refractivity contribution in [3.8, 4) is 0 Å². The lowest BCUT2D eigenvalue weighted by Gasteiger charge is -2.30. The quantitative estimate of drug-likeness (QED) is 0.668. The molecule has 0 unspecified atom stereocenters. The summed E-state index contributed by atoms with van der Waals surface area (Å²) in [5, 5.41) is 2.17. The van der Waals surface area contributed by atoms with Crippen molar-refractivity contribution < 1.29 is 0 Å². The molecule has 0 atom stereocenters. The van der Waals surface area contributed by atoms with Crippen LogP contribution in [0.5, 0.6) is 0 Å². The number of hydrogen-bond donors (Lipinski definition) is 2. The van der Waals surface area contributed by atoms with E-state index in [9.17, 15) is 0 Å². The Morgan fingerprint density at radius 3 is 3.15 bits per heavy atom. The molecule has 20 heavy (non-hydrogen) atoms. The van der Waals surface area contributed by atoms with Crippen LogP contribution in [0.4, 0.5) is 11.6 Å². The first-order valence-corrected chi connectivity index (χ1v) is 7.82. The lowest BCUT2D eigenvalue weighted by molar-refractivity contribution is 0.720. The molecule has 0 spiro atoms. The van der Waals surface area contributed by atoms with Crippen LogP contribution in [0.15, 0.2) is 17.8 Å². The van der Waals surface area contributed by atoms with Gasteiger partial charge in [0.2, 0.25) is 0 Å². The number of thiophene rings is 1. The van der Waals surface area contributed by atoms with Gasteiger partial charge in [0.25, 0.3) is 0 Å². The van der Waals surface area contributed by atoms with E-state index in [-0.39, 0.29) is 0 Å². The van der Waals surface area contributed by atoms with Crippen molar-refractivity contribution in [2.45, 2.75) is 32.7 Å². The second kappa shape index (κ2) is 5.76. The van der Waals surface area contributed by atoms with E-state index in [1.807, 2.05) is 11.3 Å². The van der Waals surface area contributed by atoms with Gasteiger partial charge in [-0.25, -0.2) is 15.8 Å². The van der Waals surface area contributed by atoms with E-state index in [1.165, 1.54) is 10.4 Å². The van der Waals surface area contributed by atoms with Crippen molar-refractivity contribution >= 4 is 23.0 Å². The molecule has 106 valence electrons. The maximum absolute atomic E-state index is 5.58. The number of nitrogen functional groups attached to an aromatic ring is 1. The van der Waals surface area contributed by atoms with Crippen LogP contribution in [0.25, 0.3) is 0 Å². The molecule has 0 aromatic carbocycles. The Hall–Kier alpha value is -1.66. The molecule has 6 heteroatoms. The van der Waals surface area contributed by atoms with E-state index in [2.05, 4.69) is 38.7 Å². The molecule has 1 aliphatic heterocycles. The summed E-state index contributed by atoms with van der Waals surface area (Å²) in [7, 11) is 0. The summed E-state index contributed by atoms with van der Waals surface area (Å²) in [6, 6.07) is 2.22. The molecular weight excluding hydrogens is 270 g/mol. The van der Waals surface area contributed by atoms with Gasteiger partial charge >= 0.3 is 0 Å². The fourth-order valence-corrected chi connectivity index (χ4v) is 3.60. The van der Waals surface area contributed by atoms with E-state index in [1.54, 1.807) is 6.33 Å². The fourth-order valence-electron chi connectivity index (χ4n) is 2.71. The highest BCUT2D eigenvalue weighted by Crippen LogP contribution is 2.30. The van der Waals surface area contributed by atoms with E-state index < -0.39 is 0 Å². The van der Waals surface area contributed by atoms with Crippen molar-refractivity contribution in [1.82, 2.24) is 9.97 Å². The van der Waals surface area contributed by atoms with Gasteiger partial charge in [-0.3, -0.25) is 0 Å². The molecule has 2 aromatic rings. The first-order valence-electron chi connectivity index (χ1n) is 6.94. The molecule has 0 saturated carbocycles. The number of nitrogens with two attached hydrogens (primary N) is 1. The van der Waals surface area contributed by atoms with Crippen molar-refractivity contribution in [1.29, 1.82) is 0 Å². The molecule has 3 rings (SSSR count). The number of fused-ring (bicyclic) bond motifs is 1. The molecule has 3 heterocycles. The molecule has 0 aliphatic carbocycles. The lowest BCUT2D eigenvalue weighted by atomic mass is 10.1. The average molecular weight is 289 g/mol. The molecule has 0 saturated heterocycles. The summed E-state index contributed by atoms with van der Waals surface area (Å²) in [6.45, 7) is 4.09. The zero-order valence-corrected chi connectivity index (χ0v) is 12.4. The second-order valence-electron chi connectivity index (χ2n) is 4.96. The van der Waals surface area contributed by atoms with Gasteiger partial charge in [-0.05, 0) is 29.9 Å². The second-order valence-corrected chi connectivity index (χ2v) is 5.96. The standard InChI is InChI=1S/C14H19N5S/c1-2-3-11-13(18-15)16-9-17-14(11)19-6-4-12-10(8-19)5-7-20-12/h5,7,9H,2-4,6,8,15H2,1H3,(H,16,17,18). The molecule has 1 aliphatic rings. The molecule has 2 aromatic heterocycles. The maximum atomic E-state index is 5.58. The van der Waals surface area contributed by atoms with Gasteiger partial charge in [-0.1, -0.05) is 13.3 Å². The van der Waals surface area contributed by atoms with Crippen LogP contribution in [0, 0.1) is 0 Å². The summed E-state index contributed by atoms with van der Waals surface area (Å²) < 4.78 is 0. The Morgan fingerprint density at radius 2 is 2.35 bits per heavy atom. The number of nitrogens with zero attached hydrogens (tertiary/aromatic N) is 3. The van der Waals surface area contributed by atoms with Gasteiger partial charge in [-0.2, -0.15) is 0 Å². The zero-order valence-electron chi connectivity index (χ0n) is 11.6. The van der Waals surface area contributed by atoms with Gasteiger partial charge < -0.3 is 10.3 Å². The summed E-state index contributed by atoms with van der Waals surface area (Å²) >= 11 is 1.85. The largest absolute Gasteiger partial charge is 0.351 e. The SMILES string of the molecule is CCCc1c(NN)ncnc1N1CCc2sccc2C1. The minimum atomic E-state index is 0.743. The van der Waals surface area contributed by atoms with Crippen molar-refractivity contribution in [3.05, 3.63) is 33.8 Å². The Kier molecular flexibility index (Phi) is 3.84. The monoisotopic (exact) mass is 289 g/mol. The Balaban J connectivity index is 1.94. The number of nitrogens with one attached hydrogen (secondary N) is 1. The first-order chi connectivity index (χ1) is 9.83. The Morgan fingerprint density at radius 1 is 1.45 bits per heavy atom. The molecule has 0 fully saturated rings. The predicted octanol–water partition coefficient (Wildman–Crippen LogP) is 2.34. The van der Waals surface area contributed by atoms with E-state index in [0.29, 0.717) is 0 Å². The fraction of sp³-hybridized carbons (Fsp3) is 0.429. The van der Waals surface area contributed by atoms with Gasteiger partial charge in [0.1, 0.15) is 18.0 Å². The first kappa shape index (κ1) is 13.3. The third-order valence-electron chi connectivity index (χ3n) is 3.67. The number of hydrazine groups is 1. The average Bonchev–Trinajstić information content (AvgIpc) is 2.95. The van der Waals surface area contributed by atoms with Gasteiger partial charge in [0, 0.05) is 23.5 Å². The van der Waals surface area contributed by atoms with E-state index in [4.69, 9.17) is 5.84 Å². The summed E-state index contributed by atoms with van der Waals surface area (Å²) in [5.41, 5.74) is 5.24. The van der Waals surface area contributed by atoms with Crippen LogP contribution in [-0.4, -0.2) is 16.5 Å². The number of hydrogen-bond acceptors (Lipinski definition) is 6. The van der Waals surface area contributed by atoms with Crippen LogP contribution >= 0.6 is 11.3 Å².